The van der Waals surface area contributed by atoms with Crippen molar-refractivity contribution in [1.29, 1.82) is 0 Å². The fourth-order valence-electron chi connectivity index (χ4n) is 6.28. The topological polar surface area (TPSA) is 526 Å². The van der Waals surface area contributed by atoms with E-state index >= 15 is 0 Å². The quantitative estimate of drug-likeness (QED) is 0.0310. The second-order valence-electron chi connectivity index (χ2n) is 15.2. The Labute approximate surface area is 675 Å². The molecule has 0 unspecified atom stereocenters. The van der Waals surface area contributed by atoms with E-state index in [1.807, 2.05) is 0 Å². The van der Waals surface area contributed by atoms with Crippen molar-refractivity contribution in [2.75, 3.05) is 47.4 Å². The van der Waals surface area contributed by atoms with Crippen LogP contribution < -0.4 is 251 Å². The Morgan fingerprint density at radius 2 is 0.702 bits per heavy atom. The second kappa shape index (κ2) is 35.1. The molecule has 6 aromatic carbocycles. The van der Waals surface area contributed by atoms with Crippen LogP contribution in [0.15, 0.2) is 137 Å². The minimum atomic E-state index is -5.23. The van der Waals surface area contributed by atoms with E-state index in [1.165, 1.54) is 24.3 Å². The van der Waals surface area contributed by atoms with E-state index in [2.05, 4.69) is 28.8 Å². The van der Waals surface area contributed by atoms with Gasteiger partial charge < -0.3 is 37.5 Å². The van der Waals surface area contributed by atoms with Gasteiger partial charge in [-0.05, 0) is 95.7 Å². The molecule has 46 heteroatoms. The van der Waals surface area contributed by atoms with Gasteiger partial charge in [0.15, 0.2) is 11.5 Å². The molecular weight excluding hydrogens is 1400 g/mol. The second-order valence-corrected chi connectivity index (χ2v) is 27.0. The molecule has 0 saturated carbocycles. The summed E-state index contributed by atoms with van der Waals surface area (Å²) in [4.78, 5) is -3.10. The van der Waals surface area contributed by atoms with Gasteiger partial charge in [-0.1, -0.05) is 12.1 Å². The number of aromatic hydroxyl groups is 2. The zero-order valence-electron chi connectivity index (χ0n) is 44.7. The van der Waals surface area contributed by atoms with Gasteiger partial charge in [0.1, 0.15) is 51.8 Å². The van der Waals surface area contributed by atoms with Crippen molar-refractivity contribution >= 4 is 137 Å². The van der Waals surface area contributed by atoms with Gasteiger partial charge in [0.2, 0.25) is 40.8 Å². The molecule has 32 nitrogen and oxygen atoms in total. The first kappa shape index (κ1) is 87.5. The number of fused-ring (bicyclic) bond motifs is 2. The number of hydrogen-bond acceptors (Lipinski definition) is 30. The minimum absolute atomic E-state index is 0. The Morgan fingerprint density at radius 3 is 0.952 bits per heavy atom. The van der Waals surface area contributed by atoms with Gasteiger partial charge in [-0.25, -0.2) is 67.3 Å². The maximum atomic E-state index is 12.5. The Hall–Kier alpha value is 1.43. The largest absolute Gasteiger partial charge is 1.00 e. The molecule has 0 amide bonds. The summed E-state index contributed by atoms with van der Waals surface area (Å²) in [5.41, 5.74) is -1.99. The maximum Gasteiger partial charge on any atom is 1.00 e. The average molecular weight is 1430 g/mol. The Bertz CT molecular complexity index is 4090. The number of benzene rings is 6. The van der Waals surface area contributed by atoms with Gasteiger partial charge in [0.25, 0.3) is 0 Å². The third kappa shape index (κ3) is 25.4. The molecule has 84 heavy (non-hydrogen) atoms. The molecule has 0 fully saturated rings. The van der Waals surface area contributed by atoms with Crippen molar-refractivity contribution in [2.24, 2.45) is 20.5 Å². The van der Waals surface area contributed by atoms with Gasteiger partial charge in [-0.2, -0.15) is 10.2 Å². The van der Waals surface area contributed by atoms with E-state index < -0.39 is 148 Å². The zero-order chi connectivity index (χ0) is 58.8. The molecule has 6 rings (SSSR count). The first-order valence-corrected chi connectivity index (χ1v) is 31.7. The van der Waals surface area contributed by atoms with E-state index in [9.17, 15) is 105 Å². The summed E-state index contributed by atoms with van der Waals surface area (Å²) in [6.45, 7) is -1.93. The third-order valence-electron chi connectivity index (χ3n) is 10.1. The van der Waals surface area contributed by atoms with E-state index in [1.54, 1.807) is 0 Å². The van der Waals surface area contributed by atoms with Crippen LogP contribution in [-0.2, 0) is 89.7 Å². The molecule has 0 atom stereocenters. The van der Waals surface area contributed by atoms with Crippen LogP contribution in [0.25, 0.3) is 21.5 Å². The van der Waals surface area contributed by atoms with Crippen LogP contribution in [-0.4, -0.2) is 144 Å². The van der Waals surface area contributed by atoms with Crippen LogP contribution in [0, 0.1) is 0 Å². The molecule has 2 N–H and O–H groups in total. The van der Waals surface area contributed by atoms with Crippen LogP contribution >= 0.6 is 0 Å². The summed E-state index contributed by atoms with van der Waals surface area (Å²) < 4.78 is 260. The number of sulfonamides is 2. The van der Waals surface area contributed by atoms with Crippen molar-refractivity contribution < 1.29 is 356 Å². The van der Waals surface area contributed by atoms with E-state index in [-0.39, 0.29) is 287 Å². The number of phenols is 2. The summed E-state index contributed by atoms with van der Waals surface area (Å²) >= 11 is 0. The molecule has 0 radical (unpaired) electrons. The van der Waals surface area contributed by atoms with Crippen LogP contribution in [0.5, 0.6) is 11.5 Å². The standard InChI is InChI=1S/2C19H19N3O13S4.3K.3Na/c2*1-22(36(24,25)9-8-35-39(32,33)34)14-5-2-12-10-17(38(29,30)31)18(19(23)16(12)11-14)21-20-13-3-6-15(7-4-13)37(26,27)28;;;;;;/h2*2-7,10-11,23H,8-9H2,1H3,(H,26,27,28)(H,29,30,31)(H,32,33,34);;;;;;/q;;6*+1/p-6. The van der Waals surface area contributed by atoms with E-state index in [0.29, 0.717) is 8.61 Å². The number of hydrogen-bond donors (Lipinski definition) is 2. The number of rotatable bonds is 20. The van der Waals surface area contributed by atoms with Gasteiger partial charge in [0.05, 0.1) is 67.1 Å². The van der Waals surface area contributed by atoms with E-state index in [4.69, 9.17) is 0 Å². The summed E-state index contributed by atoms with van der Waals surface area (Å²) in [6.07, 6.45) is 0. The molecule has 0 aliphatic rings. The van der Waals surface area contributed by atoms with Crippen LogP contribution in [0.1, 0.15) is 0 Å². The van der Waals surface area contributed by atoms with Gasteiger partial charge in [-0.15, -0.1) is 10.2 Å². The van der Waals surface area contributed by atoms with Crippen LogP contribution in [0.3, 0.4) is 0 Å². The molecular formula is C38H32K3N6Na3O26S8. The zero-order valence-corrected chi connectivity index (χ0v) is 66.6. The SMILES string of the molecule is CN(c1ccc2cc(S(=O)(=O)[O-])c(N=Nc3ccc(S(=O)(=O)[O-])cc3)c(O)c2c1)S(=O)(=O)CCOS(=O)(=O)[O-].CN(c1ccc2cc(S(=O)(=O)[O-])c(N=Nc3ccc(S(=O)(=O)[O-])cc3)c(O)c2c1)S(=O)(=O)CCOS(=O)(=O)[O-].[K+].[K+].[K+].[Na+].[Na+].[Na+]. The Morgan fingerprint density at radius 1 is 0.417 bits per heavy atom. The number of nitrogens with zero attached hydrogens (tertiary/aromatic N) is 6. The van der Waals surface area contributed by atoms with Gasteiger partial charge in [0, 0.05) is 24.9 Å². The molecule has 0 bridgehead atoms. The summed E-state index contributed by atoms with van der Waals surface area (Å²) in [5.74, 6) is -3.57. The molecule has 0 saturated heterocycles. The molecule has 6 aromatic rings. The van der Waals surface area contributed by atoms with Crippen molar-refractivity contribution in [1.82, 2.24) is 0 Å². The molecule has 0 aliphatic heterocycles. The van der Waals surface area contributed by atoms with Crippen LogP contribution in [0.4, 0.5) is 34.1 Å². The Kier molecular flexibility index (Phi) is 36.5. The third-order valence-corrected chi connectivity index (χ3v) is 17.9. The summed E-state index contributed by atoms with van der Waals surface area (Å²) in [7, 11) is -36.6. The smallest absolute Gasteiger partial charge is 0.744 e. The molecule has 424 valence electrons. The van der Waals surface area contributed by atoms with Crippen molar-refractivity contribution in [3.63, 3.8) is 0 Å². The molecule has 0 aliphatic carbocycles. The summed E-state index contributed by atoms with van der Waals surface area (Å²) in [5, 5.41) is 35.8. The van der Waals surface area contributed by atoms with Gasteiger partial charge in [-0.3, -0.25) is 17.0 Å². The first-order valence-electron chi connectivity index (χ1n) is 20.2. The fourth-order valence-corrected chi connectivity index (χ4v) is 11.3. The maximum absolute atomic E-state index is 12.5. The number of phenolic OH excluding ortho intramolecular Hbond substituents is 2. The van der Waals surface area contributed by atoms with E-state index in [0.717, 1.165) is 86.9 Å². The normalized spacial score (nSPS) is 12.3. The predicted molar refractivity (Wildman–Crippen MR) is 260 cm³/mol. The molecule has 0 heterocycles. The minimum Gasteiger partial charge on any atom is -0.744 e. The van der Waals surface area contributed by atoms with Crippen molar-refractivity contribution in [2.45, 2.75) is 19.6 Å². The summed E-state index contributed by atoms with van der Waals surface area (Å²) in [6, 6.07) is 16.5. The predicted octanol–water partition coefficient (Wildman–Crippen LogP) is -16.0. The average Bonchev–Trinajstić information content (AvgIpc) is 3.31. The monoisotopic (exact) mass is 1430 g/mol. The molecule has 0 spiro atoms. The van der Waals surface area contributed by atoms with Crippen molar-refractivity contribution in [3.05, 3.63) is 97.1 Å². The number of anilines is 2. The van der Waals surface area contributed by atoms with Gasteiger partial charge >= 0.3 is 243 Å². The van der Waals surface area contributed by atoms with Crippen LogP contribution in [0.2, 0.25) is 0 Å². The first-order chi connectivity index (χ1) is 35.6. The molecule has 0 aromatic heterocycles. The Balaban J connectivity index is 0. The fraction of sp³-hybridized carbons (Fsp3) is 0.158. The van der Waals surface area contributed by atoms with Crippen molar-refractivity contribution in [3.8, 4) is 11.5 Å². The number of azo groups is 2.